The zero-order valence-electron chi connectivity index (χ0n) is 11.1. The SMILES string of the molecule is COc1ccc(N)cc1Cn1ccnc1C(C)C. The molecule has 0 atom stereocenters. The molecule has 18 heavy (non-hydrogen) atoms. The number of methoxy groups -OCH3 is 1. The third-order valence-corrected chi connectivity index (χ3v) is 2.91. The topological polar surface area (TPSA) is 53.1 Å². The van der Waals surface area contributed by atoms with Crippen molar-refractivity contribution < 1.29 is 4.74 Å². The van der Waals surface area contributed by atoms with Crippen LogP contribution in [0.1, 0.15) is 31.2 Å². The highest BCUT2D eigenvalue weighted by Crippen LogP contribution is 2.23. The molecule has 1 heterocycles. The van der Waals surface area contributed by atoms with Gasteiger partial charge >= 0.3 is 0 Å². The van der Waals surface area contributed by atoms with Gasteiger partial charge in [-0.15, -0.1) is 0 Å². The minimum absolute atomic E-state index is 0.395. The van der Waals surface area contributed by atoms with Crippen LogP contribution < -0.4 is 10.5 Å². The first kappa shape index (κ1) is 12.5. The highest BCUT2D eigenvalue weighted by atomic mass is 16.5. The number of ether oxygens (including phenoxy) is 1. The van der Waals surface area contributed by atoms with E-state index in [4.69, 9.17) is 10.5 Å². The monoisotopic (exact) mass is 245 g/mol. The molecule has 0 aliphatic carbocycles. The van der Waals surface area contributed by atoms with Gasteiger partial charge in [-0.05, 0) is 18.2 Å². The number of hydrogen-bond acceptors (Lipinski definition) is 3. The van der Waals surface area contributed by atoms with Crippen molar-refractivity contribution in [3.8, 4) is 5.75 Å². The van der Waals surface area contributed by atoms with Crippen LogP contribution in [0.3, 0.4) is 0 Å². The zero-order chi connectivity index (χ0) is 13.1. The molecule has 4 nitrogen and oxygen atoms in total. The number of imidazole rings is 1. The van der Waals surface area contributed by atoms with Gasteiger partial charge in [-0.25, -0.2) is 4.98 Å². The predicted molar refractivity (Wildman–Crippen MR) is 72.8 cm³/mol. The number of hydrogen-bond donors (Lipinski definition) is 1. The van der Waals surface area contributed by atoms with Gasteiger partial charge in [-0.3, -0.25) is 0 Å². The second kappa shape index (κ2) is 5.12. The van der Waals surface area contributed by atoms with Gasteiger partial charge in [-0.1, -0.05) is 13.8 Å². The highest BCUT2D eigenvalue weighted by Gasteiger charge is 2.10. The fourth-order valence-electron chi connectivity index (χ4n) is 2.06. The molecule has 1 aromatic carbocycles. The van der Waals surface area contributed by atoms with E-state index < -0.39 is 0 Å². The van der Waals surface area contributed by atoms with Crippen molar-refractivity contribution in [1.82, 2.24) is 9.55 Å². The zero-order valence-corrected chi connectivity index (χ0v) is 11.1. The summed E-state index contributed by atoms with van der Waals surface area (Å²) in [6.07, 6.45) is 3.81. The Labute approximate surface area is 107 Å². The number of benzene rings is 1. The van der Waals surface area contributed by atoms with E-state index >= 15 is 0 Å². The first-order valence-corrected chi connectivity index (χ1v) is 6.05. The van der Waals surface area contributed by atoms with Crippen LogP contribution in [0.5, 0.6) is 5.75 Å². The number of anilines is 1. The van der Waals surface area contributed by atoms with Gasteiger partial charge in [0.05, 0.1) is 13.7 Å². The average Bonchev–Trinajstić information content (AvgIpc) is 2.77. The van der Waals surface area contributed by atoms with Gasteiger partial charge in [0.2, 0.25) is 0 Å². The Hall–Kier alpha value is -1.97. The Kier molecular flexibility index (Phi) is 3.55. The van der Waals surface area contributed by atoms with E-state index in [0.29, 0.717) is 5.92 Å². The van der Waals surface area contributed by atoms with E-state index in [-0.39, 0.29) is 0 Å². The van der Waals surface area contributed by atoms with E-state index in [1.807, 2.05) is 30.6 Å². The van der Waals surface area contributed by atoms with Crippen LogP contribution >= 0.6 is 0 Å². The van der Waals surface area contributed by atoms with E-state index in [1.165, 1.54) is 0 Å². The van der Waals surface area contributed by atoms with Crippen molar-refractivity contribution in [3.63, 3.8) is 0 Å². The highest BCUT2D eigenvalue weighted by molar-refractivity contribution is 5.48. The molecule has 2 rings (SSSR count). The van der Waals surface area contributed by atoms with Crippen molar-refractivity contribution in [2.45, 2.75) is 26.3 Å². The number of nitrogens with two attached hydrogens (primary N) is 1. The summed E-state index contributed by atoms with van der Waals surface area (Å²) in [5.74, 6) is 2.32. The fraction of sp³-hybridized carbons (Fsp3) is 0.357. The molecule has 0 radical (unpaired) electrons. The Morgan fingerprint density at radius 1 is 1.39 bits per heavy atom. The Morgan fingerprint density at radius 3 is 2.83 bits per heavy atom. The molecular formula is C14H19N3O. The third kappa shape index (κ3) is 2.47. The number of nitrogens with zero attached hydrogens (tertiary/aromatic N) is 2. The van der Waals surface area contributed by atoms with Gasteiger partial charge in [0, 0.05) is 29.6 Å². The molecule has 0 unspecified atom stereocenters. The average molecular weight is 245 g/mol. The maximum Gasteiger partial charge on any atom is 0.124 e. The number of aromatic nitrogens is 2. The predicted octanol–water partition coefficient (Wildman–Crippen LogP) is 2.65. The normalized spacial score (nSPS) is 10.9. The molecule has 2 aromatic rings. The van der Waals surface area contributed by atoms with Crippen molar-refractivity contribution in [3.05, 3.63) is 42.0 Å². The molecule has 0 bridgehead atoms. The Bertz CT molecular complexity index is 532. The number of rotatable bonds is 4. The first-order chi connectivity index (χ1) is 8.61. The summed E-state index contributed by atoms with van der Waals surface area (Å²) in [7, 11) is 1.67. The maximum atomic E-state index is 5.83. The third-order valence-electron chi connectivity index (χ3n) is 2.91. The molecule has 0 saturated heterocycles. The minimum Gasteiger partial charge on any atom is -0.496 e. The van der Waals surface area contributed by atoms with Crippen molar-refractivity contribution in [2.75, 3.05) is 12.8 Å². The standard InChI is InChI=1S/C14H19N3O/c1-10(2)14-16-6-7-17(14)9-11-8-12(15)4-5-13(11)18-3/h4-8,10H,9,15H2,1-3H3. The lowest BCUT2D eigenvalue weighted by Gasteiger charge is -2.13. The summed E-state index contributed by atoms with van der Waals surface area (Å²) in [5, 5.41) is 0. The van der Waals surface area contributed by atoms with Crippen LogP contribution in [0.2, 0.25) is 0 Å². The lowest BCUT2D eigenvalue weighted by atomic mass is 10.1. The quantitative estimate of drug-likeness (QED) is 0.842. The summed E-state index contributed by atoms with van der Waals surface area (Å²) in [6, 6.07) is 5.69. The van der Waals surface area contributed by atoms with Crippen LogP contribution in [0.4, 0.5) is 5.69 Å². The molecule has 0 aliphatic heterocycles. The molecule has 2 N–H and O–H groups in total. The smallest absolute Gasteiger partial charge is 0.124 e. The summed E-state index contributed by atoms with van der Waals surface area (Å²) < 4.78 is 7.49. The fourth-order valence-corrected chi connectivity index (χ4v) is 2.06. The molecule has 0 amide bonds. The van der Waals surface area contributed by atoms with Crippen LogP contribution in [0, 0.1) is 0 Å². The van der Waals surface area contributed by atoms with Gasteiger partial charge < -0.3 is 15.0 Å². The molecule has 0 aliphatic rings. The van der Waals surface area contributed by atoms with E-state index in [9.17, 15) is 0 Å². The molecule has 1 aromatic heterocycles. The van der Waals surface area contributed by atoms with Crippen LogP contribution in [0.25, 0.3) is 0 Å². The lowest BCUT2D eigenvalue weighted by molar-refractivity contribution is 0.408. The van der Waals surface area contributed by atoms with Crippen molar-refractivity contribution >= 4 is 5.69 Å². The summed E-state index contributed by atoms with van der Waals surface area (Å²) in [5.41, 5.74) is 7.64. The van der Waals surface area contributed by atoms with Crippen LogP contribution in [-0.2, 0) is 6.54 Å². The summed E-state index contributed by atoms with van der Waals surface area (Å²) in [6.45, 7) is 4.99. The second-order valence-electron chi connectivity index (χ2n) is 4.64. The number of nitrogen functional groups attached to an aromatic ring is 1. The second-order valence-corrected chi connectivity index (χ2v) is 4.64. The summed E-state index contributed by atoms with van der Waals surface area (Å²) in [4.78, 5) is 4.38. The van der Waals surface area contributed by atoms with Crippen molar-refractivity contribution in [1.29, 1.82) is 0 Å². The van der Waals surface area contributed by atoms with Crippen molar-refractivity contribution in [2.24, 2.45) is 0 Å². The van der Waals surface area contributed by atoms with Gasteiger partial charge in [0.15, 0.2) is 0 Å². The maximum absolute atomic E-state index is 5.83. The van der Waals surface area contributed by atoms with Crippen LogP contribution in [0.15, 0.2) is 30.6 Å². The van der Waals surface area contributed by atoms with E-state index in [1.54, 1.807) is 7.11 Å². The van der Waals surface area contributed by atoms with Crippen LogP contribution in [-0.4, -0.2) is 16.7 Å². The van der Waals surface area contributed by atoms with E-state index in [2.05, 4.69) is 23.4 Å². The molecule has 96 valence electrons. The molecule has 0 saturated carbocycles. The molecular weight excluding hydrogens is 226 g/mol. The molecule has 4 heteroatoms. The minimum atomic E-state index is 0.395. The Morgan fingerprint density at radius 2 is 2.17 bits per heavy atom. The largest absolute Gasteiger partial charge is 0.496 e. The summed E-state index contributed by atoms with van der Waals surface area (Å²) >= 11 is 0. The Balaban J connectivity index is 2.33. The van der Waals surface area contributed by atoms with Gasteiger partial charge in [0.25, 0.3) is 0 Å². The van der Waals surface area contributed by atoms with Gasteiger partial charge in [0.1, 0.15) is 11.6 Å². The lowest BCUT2D eigenvalue weighted by Crippen LogP contribution is -2.07. The molecule has 0 fully saturated rings. The molecule has 0 spiro atoms. The van der Waals surface area contributed by atoms with E-state index in [0.717, 1.165) is 29.4 Å². The first-order valence-electron chi connectivity index (χ1n) is 6.05. The van der Waals surface area contributed by atoms with Gasteiger partial charge in [-0.2, -0.15) is 0 Å².